The molecule has 0 aliphatic rings. The summed E-state index contributed by atoms with van der Waals surface area (Å²) in [5.74, 6) is -3.04. The van der Waals surface area contributed by atoms with E-state index in [2.05, 4.69) is 10.6 Å². The second kappa shape index (κ2) is 8.33. The third-order valence-corrected chi connectivity index (χ3v) is 3.15. The van der Waals surface area contributed by atoms with Gasteiger partial charge in [0.2, 0.25) is 0 Å². The number of anilines is 1. The van der Waals surface area contributed by atoms with E-state index < -0.39 is 23.8 Å². The quantitative estimate of drug-likeness (QED) is 0.430. The Labute approximate surface area is 139 Å². The number of para-hydroxylation sites is 1. The smallest absolute Gasteiger partial charge is 0.326 e. The van der Waals surface area contributed by atoms with Crippen LogP contribution >= 0.6 is 0 Å². The molecular weight excluding hydrogens is 312 g/mol. The van der Waals surface area contributed by atoms with Crippen molar-refractivity contribution >= 4 is 23.5 Å². The summed E-state index contributed by atoms with van der Waals surface area (Å²) in [7, 11) is 0. The number of rotatable bonds is 7. The molecule has 1 rings (SSSR count). The number of carboxylic acid groups (broad SMARTS) is 1. The predicted molar refractivity (Wildman–Crippen MR) is 86.7 cm³/mol. The highest BCUT2D eigenvalue weighted by Crippen LogP contribution is 2.14. The normalized spacial score (nSPS) is 12.2. The number of hydrogen-bond acceptors (Lipinski definition) is 5. The van der Waals surface area contributed by atoms with Crippen molar-refractivity contribution in [2.45, 2.75) is 19.9 Å². The van der Waals surface area contributed by atoms with E-state index in [1.54, 1.807) is 38.1 Å². The number of nitriles is 1. The lowest BCUT2D eigenvalue weighted by Gasteiger charge is -2.17. The lowest BCUT2D eigenvalue weighted by Crippen LogP contribution is -2.44. The molecular formula is C16H18N4O4. The molecule has 0 spiro atoms. The molecule has 8 heteroatoms. The van der Waals surface area contributed by atoms with Crippen LogP contribution in [0.5, 0.6) is 0 Å². The lowest BCUT2D eigenvalue weighted by molar-refractivity contribution is -0.142. The van der Waals surface area contributed by atoms with Gasteiger partial charge in [0.1, 0.15) is 17.7 Å². The Morgan fingerprint density at radius 2 is 1.92 bits per heavy atom. The number of aliphatic carboxylic acids is 1. The van der Waals surface area contributed by atoms with Gasteiger partial charge < -0.3 is 21.5 Å². The zero-order chi connectivity index (χ0) is 18.3. The number of primary amides is 1. The Kier molecular flexibility index (Phi) is 6.50. The van der Waals surface area contributed by atoms with E-state index in [9.17, 15) is 14.4 Å². The average Bonchev–Trinajstić information content (AvgIpc) is 2.52. The van der Waals surface area contributed by atoms with Crippen LogP contribution in [0.3, 0.4) is 0 Å². The molecule has 8 nitrogen and oxygen atoms in total. The summed E-state index contributed by atoms with van der Waals surface area (Å²) >= 11 is 0. The lowest BCUT2D eigenvalue weighted by atomic mass is 10.0. The van der Waals surface area contributed by atoms with Crippen LogP contribution in [0.2, 0.25) is 0 Å². The molecule has 1 aromatic rings. The Bertz CT molecular complexity index is 719. The minimum absolute atomic E-state index is 0.192. The van der Waals surface area contributed by atoms with Crippen LogP contribution in [0.15, 0.2) is 36.0 Å². The van der Waals surface area contributed by atoms with Gasteiger partial charge in [-0.15, -0.1) is 0 Å². The molecule has 0 fully saturated rings. The van der Waals surface area contributed by atoms with Crippen molar-refractivity contribution in [3.8, 4) is 6.07 Å². The molecule has 1 unspecified atom stereocenters. The minimum Gasteiger partial charge on any atom is -0.480 e. The minimum atomic E-state index is -1.19. The van der Waals surface area contributed by atoms with Crippen molar-refractivity contribution in [1.82, 2.24) is 5.32 Å². The fraction of sp³-hybridized carbons (Fsp3) is 0.250. The zero-order valence-corrected chi connectivity index (χ0v) is 13.2. The number of amides is 2. The maximum Gasteiger partial charge on any atom is 0.326 e. The number of nitrogens with zero attached hydrogens (tertiary/aromatic N) is 1. The molecule has 0 saturated heterocycles. The fourth-order valence-electron chi connectivity index (χ4n) is 1.85. The van der Waals surface area contributed by atoms with Gasteiger partial charge in [-0.3, -0.25) is 9.59 Å². The van der Waals surface area contributed by atoms with E-state index in [1.165, 1.54) is 6.07 Å². The summed E-state index contributed by atoms with van der Waals surface area (Å²) in [5, 5.41) is 23.1. The van der Waals surface area contributed by atoms with Crippen molar-refractivity contribution in [2.75, 3.05) is 5.32 Å². The van der Waals surface area contributed by atoms with Crippen molar-refractivity contribution < 1.29 is 19.5 Å². The fourth-order valence-corrected chi connectivity index (χ4v) is 1.85. The number of carbonyl (C=O) groups is 3. The van der Waals surface area contributed by atoms with E-state index in [0.29, 0.717) is 5.69 Å². The topological polar surface area (TPSA) is 145 Å². The van der Waals surface area contributed by atoms with Gasteiger partial charge in [-0.25, -0.2) is 4.79 Å². The second-order valence-electron chi connectivity index (χ2n) is 5.26. The third kappa shape index (κ3) is 4.84. The van der Waals surface area contributed by atoms with E-state index in [0.717, 1.165) is 6.20 Å². The molecule has 0 bridgehead atoms. The van der Waals surface area contributed by atoms with Crippen LogP contribution in [0.1, 0.15) is 24.2 Å². The number of benzene rings is 1. The first-order valence-electron chi connectivity index (χ1n) is 7.07. The summed E-state index contributed by atoms with van der Waals surface area (Å²) in [6.07, 6.45) is 1.09. The Hall–Kier alpha value is -3.34. The van der Waals surface area contributed by atoms with Crippen molar-refractivity contribution in [3.05, 3.63) is 41.6 Å². The highest BCUT2D eigenvalue weighted by Gasteiger charge is 2.24. The second-order valence-corrected chi connectivity index (χ2v) is 5.26. The maximum atomic E-state index is 12.0. The molecule has 1 atom stereocenters. The number of nitrogens with two attached hydrogens (primary N) is 1. The first-order valence-corrected chi connectivity index (χ1v) is 7.07. The Balaban J connectivity index is 2.96. The van der Waals surface area contributed by atoms with Gasteiger partial charge in [0.05, 0.1) is 11.3 Å². The molecule has 0 aliphatic carbocycles. The van der Waals surface area contributed by atoms with Gasteiger partial charge in [0.15, 0.2) is 0 Å². The molecule has 24 heavy (non-hydrogen) atoms. The van der Waals surface area contributed by atoms with Gasteiger partial charge >= 0.3 is 5.97 Å². The molecule has 2 amide bonds. The molecule has 0 aromatic heterocycles. The van der Waals surface area contributed by atoms with Crippen molar-refractivity contribution in [2.24, 2.45) is 11.7 Å². The van der Waals surface area contributed by atoms with Crippen LogP contribution in [0.25, 0.3) is 0 Å². The highest BCUT2D eigenvalue weighted by molar-refractivity contribution is 6.01. The summed E-state index contributed by atoms with van der Waals surface area (Å²) < 4.78 is 0. The van der Waals surface area contributed by atoms with E-state index in [4.69, 9.17) is 16.1 Å². The van der Waals surface area contributed by atoms with Crippen LogP contribution in [-0.2, 0) is 9.59 Å². The van der Waals surface area contributed by atoms with E-state index >= 15 is 0 Å². The molecule has 126 valence electrons. The first kappa shape index (κ1) is 18.7. The first-order chi connectivity index (χ1) is 11.3. The van der Waals surface area contributed by atoms with Crippen molar-refractivity contribution in [1.29, 1.82) is 5.26 Å². The number of carbonyl (C=O) groups excluding carboxylic acids is 2. The van der Waals surface area contributed by atoms with E-state index in [-0.39, 0.29) is 17.1 Å². The molecule has 0 radical (unpaired) electrons. The monoisotopic (exact) mass is 330 g/mol. The van der Waals surface area contributed by atoms with Crippen LogP contribution in [0.4, 0.5) is 5.69 Å². The summed E-state index contributed by atoms with van der Waals surface area (Å²) in [6.45, 7) is 3.27. The Morgan fingerprint density at radius 3 is 2.42 bits per heavy atom. The molecule has 1 aromatic carbocycles. The van der Waals surface area contributed by atoms with Crippen LogP contribution < -0.4 is 16.4 Å². The molecule has 0 aliphatic heterocycles. The zero-order valence-electron chi connectivity index (χ0n) is 13.2. The third-order valence-electron chi connectivity index (χ3n) is 3.15. The number of nitrogens with one attached hydrogen (secondary N) is 2. The van der Waals surface area contributed by atoms with Crippen LogP contribution in [0, 0.1) is 17.2 Å². The molecule has 0 saturated carbocycles. The predicted octanol–water partition coefficient (Wildman–Crippen LogP) is 0.830. The van der Waals surface area contributed by atoms with E-state index in [1.807, 2.05) is 0 Å². The standard InChI is InChI=1S/C16H18N4O4/c1-9(2)13(16(23)24)20-15(22)10(7-17)8-19-12-6-4-3-5-11(12)14(18)21/h3-6,8-9,13,19H,1-2H3,(H2,18,21)(H,20,22)(H,23,24)/b10-8-. The average molecular weight is 330 g/mol. The van der Waals surface area contributed by atoms with Gasteiger partial charge in [-0.05, 0) is 18.1 Å². The molecule has 5 N–H and O–H groups in total. The van der Waals surface area contributed by atoms with Gasteiger partial charge in [-0.1, -0.05) is 26.0 Å². The van der Waals surface area contributed by atoms with Crippen LogP contribution in [-0.4, -0.2) is 28.9 Å². The maximum absolute atomic E-state index is 12.0. The Morgan fingerprint density at radius 1 is 1.29 bits per heavy atom. The molecule has 0 heterocycles. The highest BCUT2D eigenvalue weighted by atomic mass is 16.4. The van der Waals surface area contributed by atoms with Gasteiger partial charge in [-0.2, -0.15) is 5.26 Å². The number of hydrogen-bond donors (Lipinski definition) is 4. The van der Waals surface area contributed by atoms with Gasteiger partial charge in [0, 0.05) is 6.20 Å². The summed E-state index contributed by atoms with van der Waals surface area (Å²) in [4.78, 5) is 34.5. The number of carboxylic acids is 1. The summed E-state index contributed by atoms with van der Waals surface area (Å²) in [5.41, 5.74) is 5.42. The van der Waals surface area contributed by atoms with Crippen molar-refractivity contribution in [3.63, 3.8) is 0 Å². The SMILES string of the molecule is CC(C)C(NC(=O)/C(C#N)=C\Nc1ccccc1C(N)=O)C(=O)O. The largest absolute Gasteiger partial charge is 0.480 e. The summed E-state index contributed by atoms with van der Waals surface area (Å²) in [6, 6.07) is 6.87. The van der Waals surface area contributed by atoms with Gasteiger partial charge in [0.25, 0.3) is 11.8 Å².